The van der Waals surface area contributed by atoms with Crippen LogP contribution in [0.25, 0.3) is 0 Å². The van der Waals surface area contributed by atoms with Crippen LogP contribution in [0.3, 0.4) is 0 Å². The Morgan fingerprint density at radius 2 is 1.91 bits per heavy atom. The molecule has 1 heterocycles. The highest BCUT2D eigenvalue weighted by Gasteiger charge is 2.55. The minimum absolute atomic E-state index is 0.00629. The number of ketones is 1. The zero-order chi connectivity index (χ0) is 17.0. The summed E-state index contributed by atoms with van der Waals surface area (Å²) in [6.07, 6.45) is 0.250. The van der Waals surface area contributed by atoms with Crippen LogP contribution in [0.2, 0.25) is 0 Å². The van der Waals surface area contributed by atoms with Crippen molar-refractivity contribution >= 4 is 17.8 Å². The van der Waals surface area contributed by atoms with Gasteiger partial charge in [0.15, 0.2) is 0 Å². The van der Waals surface area contributed by atoms with Gasteiger partial charge in [-0.2, -0.15) is 0 Å². The van der Waals surface area contributed by atoms with Crippen LogP contribution in [0.15, 0.2) is 42.1 Å². The summed E-state index contributed by atoms with van der Waals surface area (Å²) in [5.74, 6) is -3.22. The fourth-order valence-corrected chi connectivity index (χ4v) is 2.31. The van der Waals surface area contributed by atoms with E-state index in [2.05, 4.69) is 4.74 Å². The summed E-state index contributed by atoms with van der Waals surface area (Å²) in [5.41, 5.74) is 0.795. The number of cyclic esters (lactones) is 1. The second-order valence-electron chi connectivity index (χ2n) is 4.87. The number of methoxy groups -OCH3 is 2. The number of benzene rings is 1. The van der Waals surface area contributed by atoms with Gasteiger partial charge in [0.1, 0.15) is 5.70 Å². The van der Waals surface area contributed by atoms with Crippen LogP contribution in [0.4, 0.5) is 4.79 Å². The van der Waals surface area contributed by atoms with E-state index in [-0.39, 0.29) is 12.2 Å². The summed E-state index contributed by atoms with van der Waals surface area (Å²) < 4.78 is 14.9. The molecule has 0 aliphatic carbocycles. The number of hydrogen-bond acceptors (Lipinski definition) is 6. The topological polar surface area (TPSA) is 82.1 Å². The van der Waals surface area contributed by atoms with Gasteiger partial charge in [-0.15, -0.1) is 0 Å². The molecular formula is C16H17NO6. The minimum atomic E-state index is -1.94. The molecule has 1 atom stereocenters. The molecule has 1 fully saturated rings. The van der Waals surface area contributed by atoms with E-state index in [0.717, 1.165) is 11.6 Å². The first-order valence-electron chi connectivity index (χ1n) is 6.85. The van der Waals surface area contributed by atoms with E-state index in [4.69, 9.17) is 9.47 Å². The number of amides is 1. The highest BCUT2D eigenvalue weighted by atomic mass is 16.7. The van der Waals surface area contributed by atoms with Crippen molar-refractivity contribution in [1.82, 2.24) is 4.90 Å². The van der Waals surface area contributed by atoms with E-state index in [9.17, 15) is 14.4 Å². The van der Waals surface area contributed by atoms with Gasteiger partial charge in [-0.05, 0) is 5.56 Å². The molecule has 1 saturated heterocycles. The van der Waals surface area contributed by atoms with Gasteiger partial charge >= 0.3 is 17.8 Å². The Hall–Kier alpha value is -2.67. The lowest BCUT2D eigenvalue weighted by atomic mass is 10.1. The molecule has 1 aromatic carbocycles. The first-order chi connectivity index (χ1) is 10.9. The molecule has 0 spiro atoms. The Morgan fingerprint density at radius 1 is 1.26 bits per heavy atom. The summed E-state index contributed by atoms with van der Waals surface area (Å²) in [6.45, 7) is 1.34. The Bertz CT molecular complexity index is 654. The predicted molar refractivity (Wildman–Crippen MR) is 79.0 cm³/mol. The molecule has 0 N–H and O–H groups in total. The minimum Gasteiger partial charge on any atom is -0.466 e. The van der Waals surface area contributed by atoms with Crippen LogP contribution in [0.1, 0.15) is 12.5 Å². The zero-order valence-corrected chi connectivity index (χ0v) is 13.1. The molecule has 0 aromatic heterocycles. The third kappa shape index (κ3) is 3.09. The number of carbonyl (C=O) groups excluding carboxylic acids is 3. The van der Waals surface area contributed by atoms with Crippen LogP contribution in [-0.2, 0) is 30.3 Å². The second-order valence-corrected chi connectivity index (χ2v) is 4.87. The largest absolute Gasteiger partial charge is 0.466 e. The average Bonchev–Trinajstić information content (AvgIpc) is 2.81. The number of esters is 1. The number of Topliss-reactive ketones (excluding diaryl/α,β-unsaturated/α-hetero) is 1. The zero-order valence-electron chi connectivity index (χ0n) is 13.1. The van der Waals surface area contributed by atoms with Crippen LogP contribution in [-0.4, -0.2) is 42.8 Å². The van der Waals surface area contributed by atoms with E-state index in [1.807, 2.05) is 30.3 Å². The van der Waals surface area contributed by atoms with Crippen molar-refractivity contribution in [2.45, 2.75) is 19.3 Å². The standard InChI is InChI=1S/C16H17NO6/c1-11(18)16(22-3)13(9-14(19)21-2)17(15(20)23-16)10-12-7-5-4-6-8-12/h4-9H,10H2,1-3H3/b13-9-. The maximum Gasteiger partial charge on any atom is 0.417 e. The summed E-state index contributed by atoms with van der Waals surface area (Å²) in [4.78, 5) is 37.0. The van der Waals surface area contributed by atoms with Crippen LogP contribution in [0, 0.1) is 0 Å². The molecule has 0 radical (unpaired) electrons. The van der Waals surface area contributed by atoms with Crippen molar-refractivity contribution in [2.75, 3.05) is 14.2 Å². The maximum atomic E-state index is 12.2. The Morgan fingerprint density at radius 3 is 2.43 bits per heavy atom. The van der Waals surface area contributed by atoms with Crippen molar-refractivity contribution in [3.63, 3.8) is 0 Å². The van der Waals surface area contributed by atoms with Crippen LogP contribution >= 0.6 is 0 Å². The van der Waals surface area contributed by atoms with Crippen LogP contribution in [0.5, 0.6) is 0 Å². The summed E-state index contributed by atoms with van der Waals surface area (Å²) in [5, 5.41) is 0. The maximum absolute atomic E-state index is 12.2. The first-order valence-corrected chi connectivity index (χ1v) is 6.85. The molecule has 1 unspecified atom stereocenters. The van der Waals surface area contributed by atoms with Crippen molar-refractivity contribution in [3.05, 3.63) is 47.7 Å². The molecule has 1 aliphatic rings. The molecule has 2 rings (SSSR count). The van der Waals surface area contributed by atoms with Crippen molar-refractivity contribution in [3.8, 4) is 0 Å². The monoisotopic (exact) mass is 319 g/mol. The third-order valence-corrected chi connectivity index (χ3v) is 3.47. The molecule has 1 amide bonds. The molecular weight excluding hydrogens is 302 g/mol. The van der Waals surface area contributed by atoms with E-state index >= 15 is 0 Å². The lowest BCUT2D eigenvalue weighted by molar-refractivity contribution is -0.170. The Balaban J connectivity index is 2.47. The number of nitrogens with zero attached hydrogens (tertiary/aromatic N) is 1. The second kappa shape index (κ2) is 6.62. The lowest BCUT2D eigenvalue weighted by Crippen LogP contribution is -2.42. The number of carbonyl (C=O) groups is 3. The van der Waals surface area contributed by atoms with Gasteiger partial charge in [-0.3, -0.25) is 9.69 Å². The molecule has 122 valence electrons. The molecule has 0 saturated carbocycles. The first kappa shape index (κ1) is 16.7. The number of rotatable bonds is 5. The van der Waals surface area contributed by atoms with Gasteiger partial charge in [0.2, 0.25) is 5.78 Å². The van der Waals surface area contributed by atoms with Gasteiger partial charge in [0, 0.05) is 14.0 Å². The smallest absolute Gasteiger partial charge is 0.417 e. The fourth-order valence-electron chi connectivity index (χ4n) is 2.31. The predicted octanol–water partition coefficient (Wildman–Crippen LogP) is 1.63. The van der Waals surface area contributed by atoms with Crippen molar-refractivity contribution in [1.29, 1.82) is 0 Å². The Kier molecular flexibility index (Phi) is 4.80. The number of ether oxygens (including phenoxy) is 3. The van der Waals surface area contributed by atoms with Gasteiger partial charge in [-0.1, -0.05) is 30.3 Å². The number of hydrogen-bond donors (Lipinski definition) is 0. The highest BCUT2D eigenvalue weighted by Crippen LogP contribution is 2.36. The SMILES string of the molecule is COC(=O)/C=C1\N(Cc2ccccc2)C(=O)OC1(OC)C(C)=O. The van der Waals surface area contributed by atoms with E-state index in [0.29, 0.717) is 0 Å². The van der Waals surface area contributed by atoms with Crippen molar-refractivity contribution < 1.29 is 28.6 Å². The van der Waals surface area contributed by atoms with Gasteiger partial charge in [0.25, 0.3) is 0 Å². The molecule has 7 nitrogen and oxygen atoms in total. The van der Waals surface area contributed by atoms with Gasteiger partial charge < -0.3 is 14.2 Å². The average molecular weight is 319 g/mol. The normalized spacial score (nSPS) is 22.1. The molecule has 7 heteroatoms. The summed E-state index contributed by atoms with van der Waals surface area (Å²) in [7, 11) is 2.42. The fraction of sp³-hybridized carbons (Fsp3) is 0.312. The van der Waals surface area contributed by atoms with Gasteiger partial charge in [0.05, 0.1) is 19.7 Å². The van der Waals surface area contributed by atoms with Crippen LogP contribution < -0.4 is 0 Å². The van der Waals surface area contributed by atoms with Gasteiger partial charge in [-0.25, -0.2) is 9.59 Å². The molecule has 0 bridgehead atoms. The van der Waals surface area contributed by atoms with E-state index in [1.165, 1.54) is 26.0 Å². The highest BCUT2D eigenvalue weighted by molar-refractivity contribution is 5.96. The third-order valence-electron chi connectivity index (χ3n) is 3.47. The quantitative estimate of drug-likeness (QED) is 0.606. The summed E-state index contributed by atoms with van der Waals surface area (Å²) >= 11 is 0. The van der Waals surface area contributed by atoms with E-state index in [1.54, 1.807) is 0 Å². The summed E-state index contributed by atoms with van der Waals surface area (Å²) in [6, 6.07) is 9.09. The Labute approximate surface area is 133 Å². The van der Waals surface area contributed by atoms with E-state index < -0.39 is 23.6 Å². The molecule has 1 aromatic rings. The molecule has 1 aliphatic heterocycles. The lowest BCUT2D eigenvalue weighted by Gasteiger charge is -2.24. The van der Waals surface area contributed by atoms with Crippen molar-refractivity contribution in [2.24, 2.45) is 0 Å². The molecule has 23 heavy (non-hydrogen) atoms.